The zero-order valence-electron chi connectivity index (χ0n) is 18.4. The number of fused-ring (bicyclic) bond motifs is 1. The van der Waals surface area contributed by atoms with Crippen LogP contribution in [0.4, 0.5) is 5.00 Å². The maximum Gasteiger partial charge on any atom is 0.307 e. The first-order valence-electron chi connectivity index (χ1n) is 11.5. The van der Waals surface area contributed by atoms with Crippen LogP contribution >= 0.6 is 11.3 Å². The lowest BCUT2D eigenvalue weighted by atomic mass is 9.76. The van der Waals surface area contributed by atoms with E-state index in [1.807, 2.05) is 13.8 Å². The Hall–Kier alpha value is -2.15. The number of aryl methyl sites for hydroxylation is 1. The van der Waals surface area contributed by atoms with Crippen LogP contribution in [0.15, 0.2) is 11.1 Å². The first-order valence-corrected chi connectivity index (χ1v) is 12.3. The average Bonchev–Trinajstić information content (AvgIpc) is 3.30. The van der Waals surface area contributed by atoms with E-state index in [-0.39, 0.29) is 17.9 Å². The second-order valence-corrected chi connectivity index (χ2v) is 10.5. The Morgan fingerprint density at radius 1 is 0.935 bits per heavy atom. The molecule has 0 saturated heterocycles. The fraction of sp³-hybridized carbons (Fsp3) is 0.625. The van der Waals surface area contributed by atoms with Gasteiger partial charge in [0.1, 0.15) is 5.00 Å². The Labute approximate surface area is 187 Å². The number of hydrogen-bond donors (Lipinski definition) is 3. The summed E-state index contributed by atoms with van der Waals surface area (Å²) in [6.45, 7) is 3.91. The Balaban J connectivity index is 1.56. The number of nitrogens with one attached hydrogen (secondary N) is 2. The van der Waals surface area contributed by atoms with Crippen LogP contribution in [-0.2, 0) is 22.4 Å². The summed E-state index contributed by atoms with van der Waals surface area (Å²) in [5, 5.41) is 16.5. The summed E-state index contributed by atoms with van der Waals surface area (Å²) in [6, 6.07) is 0.201. The number of allylic oxidation sites excluding steroid dienone is 2. The Morgan fingerprint density at radius 2 is 1.61 bits per heavy atom. The molecule has 3 aliphatic rings. The molecule has 0 bridgehead atoms. The van der Waals surface area contributed by atoms with Gasteiger partial charge in [-0.15, -0.1) is 11.3 Å². The van der Waals surface area contributed by atoms with Gasteiger partial charge < -0.3 is 15.7 Å². The second kappa shape index (κ2) is 9.15. The molecule has 2 atom stereocenters. The predicted octanol–water partition coefficient (Wildman–Crippen LogP) is 4.69. The molecule has 0 aromatic carbocycles. The normalized spacial score (nSPS) is 24.1. The van der Waals surface area contributed by atoms with Gasteiger partial charge in [-0.2, -0.15) is 0 Å². The lowest BCUT2D eigenvalue weighted by molar-refractivity contribution is -0.146. The third-order valence-corrected chi connectivity index (χ3v) is 8.45. The zero-order chi connectivity index (χ0) is 22.1. The van der Waals surface area contributed by atoms with E-state index in [2.05, 4.69) is 10.6 Å². The molecule has 3 aliphatic carbocycles. The number of hydrogen-bond acceptors (Lipinski definition) is 4. The van der Waals surface area contributed by atoms with Crippen LogP contribution in [0.2, 0.25) is 0 Å². The first-order chi connectivity index (χ1) is 14.8. The van der Waals surface area contributed by atoms with Gasteiger partial charge in [0, 0.05) is 10.9 Å². The topological polar surface area (TPSA) is 95.5 Å². The number of carboxylic acid groups (broad SMARTS) is 1. The number of carbonyl (C=O) groups excluding carboxylic acids is 2. The standard InChI is InChI=1S/C24H32N2O4S/c1-13-11-17(18(24(29)30)12-14(13)2)21(27)26-23-20(16-9-6-10-19(16)31-23)22(28)25-15-7-4-3-5-8-15/h15,17-18H,3-12H2,1-2H3,(H,25,28)(H,26,27)(H,29,30)/t17-,18-/m1/s1. The molecule has 1 heterocycles. The quantitative estimate of drug-likeness (QED) is 0.574. The molecule has 4 rings (SSSR count). The minimum Gasteiger partial charge on any atom is -0.481 e. The number of aliphatic carboxylic acids is 1. The third-order valence-electron chi connectivity index (χ3n) is 7.25. The monoisotopic (exact) mass is 444 g/mol. The highest BCUT2D eigenvalue weighted by Crippen LogP contribution is 2.41. The highest BCUT2D eigenvalue weighted by Gasteiger charge is 2.38. The van der Waals surface area contributed by atoms with E-state index in [9.17, 15) is 19.5 Å². The smallest absolute Gasteiger partial charge is 0.307 e. The predicted molar refractivity (Wildman–Crippen MR) is 122 cm³/mol. The van der Waals surface area contributed by atoms with Crippen LogP contribution in [0.25, 0.3) is 0 Å². The molecular formula is C24H32N2O4S. The van der Waals surface area contributed by atoms with Gasteiger partial charge in [-0.3, -0.25) is 14.4 Å². The molecule has 0 unspecified atom stereocenters. The second-order valence-electron chi connectivity index (χ2n) is 9.38. The van der Waals surface area contributed by atoms with Crippen molar-refractivity contribution >= 4 is 34.1 Å². The molecule has 1 aromatic rings. The van der Waals surface area contributed by atoms with E-state index in [0.29, 0.717) is 23.4 Å². The van der Waals surface area contributed by atoms with Gasteiger partial charge in [-0.1, -0.05) is 30.4 Å². The summed E-state index contributed by atoms with van der Waals surface area (Å²) in [6.07, 6.45) is 9.19. The molecule has 1 fully saturated rings. The largest absolute Gasteiger partial charge is 0.481 e. The minimum atomic E-state index is -0.934. The van der Waals surface area contributed by atoms with Gasteiger partial charge in [0.15, 0.2) is 0 Å². The first kappa shape index (κ1) is 22.1. The Bertz CT molecular complexity index is 926. The van der Waals surface area contributed by atoms with Gasteiger partial charge in [0.25, 0.3) is 5.91 Å². The highest BCUT2D eigenvalue weighted by atomic mass is 32.1. The molecule has 3 N–H and O–H groups in total. The molecule has 0 spiro atoms. The molecule has 6 nitrogen and oxygen atoms in total. The van der Waals surface area contributed by atoms with Crippen molar-refractivity contribution < 1.29 is 19.5 Å². The Kier molecular flexibility index (Phi) is 6.51. The lowest BCUT2D eigenvalue weighted by Crippen LogP contribution is -2.38. The minimum absolute atomic E-state index is 0.0908. The van der Waals surface area contributed by atoms with Crippen molar-refractivity contribution in [3.63, 3.8) is 0 Å². The SMILES string of the molecule is CC1=C(C)C[C@@H](C(=O)Nc2sc3c(c2C(=O)NC2CCCCC2)CCC3)[C@H](C(=O)O)C1. The van der Waals surface area contributed by atoms with Crippen molar-refractivity contribution in [1.29, 1.82) is 0 Å². The molecule has 1 saturated carbocycles. The lowest BCUT2D eigenvalue weighted by Gasteiger charge is -2.29. The number of thiophene rings is 1. The molecule has 2 amide bonds. The van der Waals surface area contributed by atoms with Crippen LogP contribution in [0.5, 0.6) is 0 Å². The average molecular weight is 445 g/mol. The van der Waals surface area contributed by atoms with Gasteiger partial charge in [-0.25, -0.2) is 0 Å². The van der Waals surface area contributed by atoms with E-state index in [4.69, 9.17) is 0 Å². The van der Waals surface area contributed by atoms with Crippen molar-refractivity contribution in [3.8, 4) is 0 Å². The van der Waals surface area contributed by atoms with Crippen LogP contribution < -0.4 is 10.6 Å². The molecule has 168 valence electrons. The van der Waals surface area contributed by atoms with E-state index in [1.54, 1.807) is 0 Å². The number of rotatable bonds is 5. The summed E-state index contributed by atoms with van der Waals surface area (Å²) < 4.78 is 0. The van der Waals surface area contributed by atoms with Crippen LogP contribution in [0, 0.1) is 11.8 Å². The van der Waals surface area contributed by atoms with Crippen molar-refractivity contribution in [2.75, 3.05) is 5.32 Å². The number of carboxylic acids is 1. The summed E-state index contributed by atoms with van der Waals surface area (Å²) in [5.41, 5.74) is 3.82. The molecule has 7 heteroatoms. The van der Waals surface area contributed by atoms with E-state index >= 15 is 0 Å². The van der Waals surface area contributed by atoms with Crippen molar-refractivity contribution in [1.82, 2.24) is 5.32 Å². The van der Waals surface area contributed by atoms with E-state index < -0.39 is 17.8 Å². The maximum absolute atomic E-state index is 13.2. The van der Waals surface area contributed by atoms with Gasteiger partial charge in [0.05, 0.1) is 17.4 Å². The summed E-state index contributed by atoms with van der Waals surface area (Å²) in [7, 11) is 0. The fourth-order valence-corrected chi connectivity index (χ4v) is 6.56. The van der Waals surface area contributed by atoms with E-state index in [1.165, 1.54) is 22.6 Å². The summed E-state index contributed by atoms with van der Waals surface area (Å²) in [4.78, 5) is 39.4. The molecule has 0 radical (unpaired) electrons. The summed E-state index contributed by atoms with van der Waals surface area (Å²) in [5.74, 6) is -2.66. The van der Waals surface area contributed by atoms with Crippen LogP contribution in [-0.4, -0.2) is 28.9 Å². The summed E-state index contributed by atoms with van der Waals surface area (Å²) >= 11 is 1.49. The fourth-order valence-electron chi connectivity index (χ4n) is 5.27. The maximum atomic E-state index is 13.2. The van der Waals surface area contributed by atoms with E-state index in [0.717, 1.165) is 61.7 Å². The van der Waals surface area contributed by atoms with Crippen molar-refractivity contribution in [2.45, 2.75) is 84.1 Å². The highest BCUT2D eigenvalue weighted by molar-refractivity contribution is 7.17. The van der Waals surface area contributed by atoms with Gasteiger partial charge in [-0.05, 0) is 64.4 Å². The van der Waals surface area contributed by atoms with Crippen molar-refractivity contribution in [3.05, 3.63) is 27.2 Å². The number of carbonyl (C=O) groups is 3. The molecule has 1 aromatic heterocycles. The third kappa shape index (κ3) is 4.56. The van der Waals surface area contributed by atoms with Gasteiger partial charge in [0.2, 0.25) is 5.91 Å². The molecule has 31 heavy (non-hydrogen) atoms. The van der Waals surface area contributed by atoms with Crippen LogP contribution in [0.3, 0.4) is 0 Å². The Morgan fingerprint density at radius 3 is 2.29 bits per heavy atom. The number of amides is 2. The van der Waals surface area contributed by atoms with Crippen LogP contribution in [0.1, 0.15) is 86.0 Å². The molecule has 0 aliphatic heterocycles. The number of anilines is 1. The molecular weight excluding hydrogens is 412 g/mol. The zero-order valence-corrected chi connectivity index (χ0v) is 19.2. The van der Waals surface area contributed by atoms with Gasteiger partial charge >= 0.3 is 5.97 Å². The van der Waals surface area contributed by atoms with Crippen molar-refractivity contribution in [2.24, 2.45) is 11.8 Å².